The first-order valence-electron chi connectivity index (χ1n) is 24.2. The smallest absolute Gasteiger partial charge is 0.306 e. The summed E-state index contributed by atoms with van der Waals surface area (Å²) >= 11 is 0. The van der Waals surface area contributed by atoms with Gasteiger partial charge in [0.25, 0.3) is 0 Å². The molecule has 0 amide bonds. The minimum atomic E-state index is -0.760. The molecular weight excluding hydrogens is 685 g/mol. The van der Waals surface area contributed by atoms with Crippen LogP contribution in [0.2, 0.25) is 0 Å². The normalized spacial score (nSPS) is 12.1. The maximum Gasteiger partial charge on any atom is 0.306 e. The van der Waals surface area contributed by atoms with Crippen LogP contribution < -0.4 is 0 Å². The van der Waals surface area contributed by atoms with Crippen molar-refractivity contribution in [1.29, 1.82) is 0 Å². The maximum absolute atomic E-state index is 12.7. The predicted octanol–water partition coefficient (Wildman–Crippen LogP) is 15.4. The molecule has 0 heterocycles. The van der Waals surface area contributed by atoms with Crippen LogP contribution in [0, 0.1) is 11.8 Å². The average molecular weight is 779 g/mol. The third kappa shape index (κ3) is 43.4. The predicted molar refractivity (Wildman–Crippen MR) is 233 cm³/mol. The van der Waals surface area contributed by atoms with Gasteiger partial charge in [-0.2, -0.15) is 0 Å². The Hall–Kier alpha value is -1.59. The zero-order valence-electron chi connectivity index (χ0n) is 37.6. The third-order valence-corrected chi connectivity index (χ3v) is 11.0. The number of hydrogen-bond donors (Lipinski definition) is 0. The summed E-state index contributed by atoms with van der Waals surface area (Å²) in [4.78, 5) is 37.8. The summed E-state index contributed by atoms with van der Waals surface area (Å²) in [5.74, 6) is 0.795. The van der Waals surface area contributed by atoms with E-state index in [0.29, 0.717) is 19.3 Å². The molecule has 0 unspecified atom stereocenters. The van der Waals surface area contributed by atoms with Crippen LogP contribution in [0.5, 0.6) is 0 Å². The molecular formula is C49H94O6. The molecule has 0 aliphatic rings. The number of rotatable bonds is 43. The van der Waals surface area contributed by atoms with E-state index < -0.39 is 6.10 Å². The summed E-state index contributed by atoms with van der Waals surface area (Å²) in [7, 11) is 0. The first-order valence-corrected chi connectivity index (χ1v) is 24.2. The highest BCUT2D eigenvalue weighted by molar-refractivity contribution is 5.71. The Bertz CT molecular complexity index is 839. The molecule has 6 heteroatoms. The van der Waals surface area contributed by atoms with Crippen molar-refractivity contribution in [3.8, 4) is 0 Å². The van der Waals surface area contributed by atoms with Crippen molar-refractivity contribution >= 4 is 17.9 Å². The van der Waals surface area contributed by atoms with Crippen molar-refractivity contribution < 1.29 is 28.6 Å². The molecule has 0 radical (unpaired) electrons. The summed E-state index contributed by atoms with van der Waals surface area (Å²) in [5.41, 5.74) is 0. The fraction of sp³-hybridized carbons (Fsp3) is 0.939. The van der Waals surface area contributed by atoms with Gasteiger partial charge in [-0.15, -0.1) is 0 Å². The van der Waals surface area contributed by atoms with Gasteiger partial charge < -0.3 is 14.2 Å². The highest BCUT2D eigenvalue weighted by Crippen LogP contribution is 2.17. The fourth-order valence-corrected chi connectivity index (χ4v) is 7.28. The molecule has 0 aliphatic heterocycles. The molecule has 0 saturated carbocycles. The van der Waals surface area contributed by atoms with Crippen LogP contribution in [-0.4, -0.2) is 37.2 Å². The Morgan fingerprint density at radius 1 is 0.345 bits per heavy atom. The lowest BCUT2D eigenvalue weighted by Gasteiger charge is -2.18. The largest absolute Gasteiger partial charge is 0.462 e. The first kappa shape index (κ1) is 53.4. The van der Waals surface area contributed by atoms with E-state index in [2.05, 4.69) is 34.6 Å². The molecule has 0 bridgehead atoms. The molecule has 0 spiro atoms. The van der Waals surface area contributed by atoms with Gasteiger partial charge in [0.05, 0.1) is 0 Å². The van der Waals surface area contributed by atoms with Crippen molar-refractivity contribution in [3.63, 3.8) is 0 Å². The summed E-state index contributed by atoms with van der Waals surface area (Å²) in [5, 5.41) is 0. The van der Waals surface area contributed by atoms with Crippen LogP contribution in [0.25, 0.3) is 0 Å². The molecule has 0 N–H and O–H groups in total. The molecule has 0 aromatic carbocycles. The summed E-state index contributed by atoms with van der Waals surface area (Å²) in [6.07, 6.45) is 40.9. The molecule has 0 aliphatic carbocycles. The SMILES string of the molecule is CCCCCCCCCCCC(=O)OC[C@H](COC(=O)CCCCCCCCCCCCC(C)C)OC(=O)CCCCCCCCCCCCCCC(C)C. The molecule has 1 atom stereocenters. The highest BCUT2D eigenvalue weighted by atomic mass is 16.6. The van der Waals surface area contributed by atoms with Crippen molar-refractivity contribution in [1.82, 2.24) is 0 Å². The lowest BCUT2D eigenvalue weighted by atomic mass is 10.0. The lowest BCUT2D eigenvalue weighted by molar-refractivity contribution is -0.167. The van der Waals surface area contributed by atoms with E-state index in [-0.39, 0.29) is 31.1 Å². The van der Waals surface area contributed by atoms with Crippen LogP contribution in [0.4, 0.5) is 0 Å². The second-order valence-electron chi connectivity index (χ2n) is 17.7. The molecule has 0 fully saturated rings. The fourth-order valence-electron chi connectivity index (χ4n) is 7.28. The summed E-state index contributed by atoms with van der Waals surface area (Å²) in [6.45, 7) is 11.3. The van der Waals surface area contributed by atoms with E-state index in [0.717, 1.165) is 69.6 Å². The molecule has 6 nitrogen and oxygen atoms in total. The van der Waals surface area contributed by atoms with Gasteiger partial charge in [0.15, 0.2) is 6.10 Å². The van der Waals surface area contributed by atoms with Gasteiger partial charge >= 0.3 is 17.9 Å². The zero-order valence-corrected chi connectivity index (χ0v) is 37.6. The lowest BCUT2D eigenvalue weighted by Crippen LogP contribution is -2.30. The van der Waals surface area contributed by atoms with Crippen LogP contribution in [-0.2, 0) is 28.6 Å². The van der Waals surface area contributed by atoms with E-state index >= 15 is 0 Å². The summed E-state index contributed by atoms with van der Waals surface area (Å²) in [6, 6.07) is 0. The number of carbonyl (C=O) groups excluding carboxylic acids is 3. The Labute approximate surface area is 342 Å². The standard InChI is InChI=1S/C49H94O6/c1-6-7-8-9-10-17-24-29-34-39-47(50)53-42-46(43-54-48(51)40-35-30-25-20-16-15-19-23-28-33-38-45(4)5)55-49(52)41-36-31-26-21-14-12-11-13-18-22-27-32-37-44(2)3/h44-46H,6-43H2,1-5H3/t46-/m1/s1. The van der Waals surface area contributed by atoms with Crippen molar-refractivity contribution in [2.75, 3.05) is 13.2 Å². The second kappa shape index (κ2) is 42.0. The topological polar surface area (TPSA) is 78.9 Å². The van der Waals surface area contributed by atoms with Crippen molar-refractivity contribution in [2.45, 2.75) is 272 Å². The van der Waals surface area contributed by atoms with Gasteiger partial charge in [-0.25, -0.2) is 0 Å². The van der Waals surface area contributed by atoms with Crippen LogP contribution in [0.3, 0.4) is 0 Å². The molecule has 0 aromatic rings. The quantitative estimate of drug-likeness (QED) is 0.0348. The number of unbranched alkanes of at least 4 members (excludes halogenated alkanes) is 28. The zero-order chi connectivity index (χ0) is 40.5. The van der Waals surface area contributed by atoms with Gasteiger partial charge in [-0.1, -0.05) is 227 Å². The van der Waals surface area contributed by atoms with Gasteiger partial charge in [0.1, 0.15) is 13.2 Å². The van der Waals surface area contributed by atoms with Crippen molar-refractivity contribution in [2.24, 2.45) is 11.8 Å². The van der Waals surface area contributed by atoms with E-state index in [1.807, 2.05) is 0 Å². The minimum absolute atomic E-state index is 0.0645. The third-order valence-electron chi connectivity index (χ3n) is 11.0. The number of ether oxygens (including phenoxy) is 3. The molecule has 0 aromatic heterocycles. The summed E-state index contributed by atoms with van der Waals surface area (Å²) < 4.78 is 16.7. The van der Waals surface area contributed by atoms with Crippen LogP contribution in [0.1, 0.15) is 266 Å². The van der Waals surface area contributed by atoms with Crippen molar-refractivity contribution in [3.05, 3.63) is 0 Å². The van der Waals surface area contributed by atoms with E-state index in [1.54, 1.807) is 0 Å². The van der Waals surface area contributed by atoms with E-state index in [9.17, 15) is 14.4 Å². The number of hydrogen-bond acceptors (Lipinski definition) is 6. The molecule has 0 rings (SSSR count). The number of esters is 3. The average Bonchev–Trinajstić information content (AvgIpc) is 3.15. The molecule has 0 saturated heterocycles. The Kier molecular flexibility index (Phi) is 40.8. The second-order valence-corrected chi connectivity index (χ2v) is 17.7. The van der Waals surface area contributed by atoms with Crippen LogP contribution >= 0.6 is 0 Å². The maximum atomic E-state index is 12.7. The van der Waals surface area contributed by atoms with Gasteiger partial charge in [-0.05, 0) is 31.1 Å². The highest BCUT2D eigenvalue weighted by Gasteiger charge is 2.19. The van der Waals surface area contributed by atoms with Gasteiger partial charge in [0, 0.05) is 19.3 Å². The Morgan fingerprint density at radius 3 is 0.891 bits per heavy atom. The molecule has 55 heavy (non-hydrogen) atoms. The first-order chi connectivity index (χ1) is 26.7. The monoisotopic (exact) mass is 779 g/mol. The molecule has 326 valence electrons. The number of carbonyl (C=O) groups is 3. The Morgan fingerprint density at radius 2 is 0.600 bits per heavy atom. The van der Waals surface area contributed by atoms with Gasteiger partial charge in [0.2, 0.25) is 0 Å². The van der Waals surface area contributed by atoms with E-state index in [1.165, 1.54) is 154 Å². The minimum Gasteiger partial charge on any atom is -0.462 e. The Balaban J connectivity index is 4.30. The van der Waals surface area contributed by atoms with Gasteiger partial charge in [-0.3, -0.25) is 14.4 Å². The van der Waals surface area contributed by atoms with Crippen LogP contribution in [0.15, 0.2) is 0 Å². The van der Waals surface area contributed by atoms with E-state index in [4.69, 9.17) is 14.2 Å².